The van der Waals surface area contributed by atoms with Gasteiger partial charge in [0.2, 0.25) is 0 Å². The van der Waals surface area contributed by atoms with E-state index in [1.165, 1.54) is 0 Å². The molecule has 140 valence electrons. The lowest BCUT2D eigenvalue weighted by Crippen LogP contribution is -2.44. The summed E-state index contributed by atoms with van der Waals surface area (Å²) in [7, 11) is 0. The average molecular weight is 370 g/mol. The number of ether oxygens (including phenoxy) is 1. The summed E-state index contributed by atoms with van der Waals surface area (Å²) in [5.41, 5.74) is 4.69. The van der Waals surface area contributed by atoms with Crippen molar-refractivity contribution < 1.29 is 9.53 Å². The molecule has 0 fully saturated rings. The molecule has 0 aromatic heterocycles. The Kier molecular flexibility index (Phi) is 5.20. The summed E-state index contributed by atoms with van der Waals surface area (Å²) >= 11 is 0. The molecule has 1 atom stereocenters. The number of carbonyl (C=O) groups is 1. The number of amides is 1. The van der Waals surface area contributed by atoms with Gasteiger partial charge in [-0.25, -0.2) is 4.79 Å². The number of rotatable bonds is 3. The molecule has 0 saturated heterocycles. The number of nitrogens with zero attached hydrogens (tertiary/aromatic N) is 2. The van der Waals surface area contributed by atoms with E-state index < -0.39 is 0 Å². The van der Waals surface area contributed by atoms with Crippen LogP contribution in [0.25, 0.3) is 0 Å². The summed E-state index contributed by atoms with van der Waals surface area (Å²) in [4.78, 5) is 19.4. The van der Waals surface area contributed by atoms with E-state index in [1.807, 2.05) is 91.9 Å². The predicted molar refractivity (Wildman–Crippen MR) is 112 cm³/mol. The van der Waals surface area contributed by atoms with Crippen molar-refractivity contribution >= 4 is 23.2 Å². The summed E-state index contributed by atoms with van der Waals surface area (Å²) in [6.45, 7) is 2.29. The minimum atomic E-state index is -0.331. The number of hydrogen-bond acceptors (Lipinski definition) is 3. The number of benzene rings is 3. The summed E-state index contributed by atoms with van der Waals surface area (Å²) < 4.78 is 5.60. The molecule has 0 spiro atoms. The molecule has 0 saturated carbocycles. The van der Waals surface area contributed by atoms with E-state index in [-0.39, 0.29) is 18.7 Å². The maximum absolute atomic E-state index is 12.9. The SMILES string of the molecule is CC1C/C(=N/c2ccccc2)c2ccccc2N1C(=O)OCc1ccccc1. The maximum atomic E-state index is 12.9. The monoisotopic (exact) mass is 370 g/mol. The van der Waals surface area contributed by atoms with Crippen LogP contribution >= 0.6 is 0 Å². The Labute approximate surface area is 165 Å². The normalized spacial score (nSPS) is 17.2. The van der Waals surface area contributed by atoms with E-state index in [0.29, 0.717) is 6.42 Å². The van der Waals surface area contributed by atoms with Gasteiger partial charge in [0.05, 0.1) is 17.1 Å². The van der Waals surface area contributed by atoms with Gasteiger partial charge in [0.25, 0.3) is 0 Å². The molecule has 1 amide bonds. The first kappa shape index (κ1) is 18.0. The fourth-order valence-electron chi connectivity index (χ4n) is 3.48. The molecular weight excluding hydrogens is 348 g/mol. The lowest BCUT2D eigenvalue weighted by molar-refractivity contribution is 0.145. The maximum Gasteiger partial charge on any atom is 0.414 e. The topological polar surface area (TPSA) is 41.9 Å². The second-order valence-electron chi connectivity index (χ2n) is 6.87. The van der Waals surface area contributed by atoms with E-state index in [9.17, 15) is 4.79 Å². The zero-order chi connectivity index (χ0) is 19.3. The summed E-state index contributed by atoms with van der Waals surface area (Å²) in [6.07, 6.45) is 0.342. The molecule has 4 heteroatoms. The Morgan fingerprint density at radius 3 is 2.36 bits per heavy atom. The first-order chi connectivity index (χ1) is 13.7. The second kappa shape index (κ2) is 8.09. The van der Waals surface area contributed by atoms with Crippen molar-refractivity contribution in [2.75, 3.05) is 4.90 Å². The van der Waals surface area contributed by atoms with E-state index in [2.05, 4.69) is 0 Å². The average Bonchev–Trinajstić information content (AvgIpc) is 2.74. The summed E-state index contributed by atoms with van der Waals surface area (Å²) in [5.74, 6) is 0. The second-order valence-corrected chi connectivity index (χ2v) is 6.87. The molecule has 1 aliphatic heterocycles. The van der Waals surface area contributed by atoms with Gasteiger partial charge < -0.3 is 4.74 Å². The smallest absolute Gasteiger partial charge is 0.414 e. The van der Waals surface area contributed by atoms with Crippen LogP contribution < -0.4 is 4.90 Å². The van der Waals surface area contributed by atoms with Crippen LogP contribution in [0.2, 0.25) is 0 Å². The largest absolute Gasteiger partial charge is 0.444 e. The van der Waals surface area contributed by atoms with E-state index in [0.717, 1.165) is 28.2 Å². The van der Waals surface area contributed by atoms with Crippen molar-refractivity contribution in [2.45, 2.75) is 26.0 Å². The van der Waals surface area contributed by atoms with Gasteiger partial charge in [-0.3, -0.25) is 9.89 Å². The van der Waals surface area contributed by atoms with E-state index >= 15 is 0 Å². The fourth-order valence-corrected chi connectivity index (χ4v) is 3.48. The third kappa shape index (κ3) is 3.81. The lowest BCUT2D eigenvalue weighted by Gasteiger charge is -2.35. The zero-order valence-corrected chi connectivity index (χ0v) is 15.8. The Morgan fingerprint density at radius 1 is 0.964 bits per heavy atom. The predicted octanol–water partition coefficient (Wildman–Crippen LogP) is 5.74. The Morgan fingerprint density at radius 2 is 1.61 bits per heavy atom. The van der Waals surface area contributed by atoms with Gasteiger partial charge in [-0.2, -0.15) is 0 Å². The molecule has 28 heavy (non-hydrogen) atoms. The highest BCUT2D eigenvalue weighted by Gasteiger charge is 2.32. The highest BCUT2D eigenvalue weighted by Crippen LogP contribution is 2.33. The molecule has 1 unspecified atom stereocenters. The first-order valence-corrected chi connectivity index (χ1v) is 9.44. The highest BCUT2D eigenvalue weighted by molar-refractivity contribution is 6.11. The molecule has 0 aliphatic carbocycles. The van der Waals surface area contributed by atoms with Crippen LogP contribution in [0.1, 0.15) is 24.5 Å². The minimum absolute atomic E-state index is 0.0411. The quantitative estimate of drug-likeness (QED) is 0.590. The third-order valence-corrected chi connectivity index (χ3v) is 4.83. The van der Waals surface area contributed by atoms with Crippen LogP contribution in [-0.4, -0.2) is 17.8 Å². The molecule has 0 bridgehead atoms. The standard InChI is InChI=1S/C24H22N2O2/c1-18-16-22(25-20-12-6-3-7-13-20)21-14-8-9-15-23(21)26(18)24(27)28-17-19-10-4-2-5-11-19/h2-15,18H,16-17H2,1H3/b25-22-. The molecule has 1 aliphatic rings. The number of hydrogen-bond donors (Lipinski definition) is 0. The zero-order valence-electron chi connectivity index (χ0n) is 15.8. The summed E-state index contributed by atoms with van der Waals surface area (Å²) in [6, 6.07) is 27.5. The summed E-state index contributed by atoms with van der Waals surface area (Å²) in [5, 5.41) is 0. The van der Waals surface area contributed by atoms with Crippen molar-refractivity contribution in [3.05, 3.63) is 96.1 Å². The Hall–Kier alpha value is -3.40. The Bertz CT molecular complexity index is 984. The lowest BCUT2D eigenvalue weighted by atomic mass is 9.94. The van der Waals surface area contributed by atoms with Gasteiger partial charge in [-0.05, 0) is 30.7 Å². The molecule has 3 aromatic carbocycles. The van der Waals surface area contributed by atoms with Gasteiger partial charge in [0, 0.05) is 18.0 Å². The van der Waals surface area contributed by atoms with Crippen molar-refractivity contribution in [3.63, 3.8) is 0 Å². The molecule has 0 N–H and O–H groups in total. The molecule has 0 radical (unpaired) electrons. The number of carbonyl (C=O) groups excluding carboxylic acids is 1. The highest BCUT2D eigenvalue weighted by atomic mass is 16.6. The molecular formula is C24H22N2O2. The van der Waals surface area contributed by atoms with Gasteiger partial charge >= 0.3 is 6.09 Å². The minimum Gasteiger partial charge on any atom is -0.444 e. The molecule has 4 nitrogen and oxygen atoms in total. The molecule has 1 heterocycles. The van der Waals surface area contributed by atoms with Gasteiger partial charge in [0.15, 0.2) is 0 Å². The fraction of sp³-hybridized carbons (Fsp3) is 0.167. The third-order valence-electron chi connectivity index (χ3n) is 4.83. The van der Waals surface area contributed by atoms with Crippen LogP contribution in [0.3, 0.4) is 0 Å². The first-order valence-electron chi connectivity index (χ1n) is 9.44. The van der Waals surface area contributed by atoms with Gasteiger partial charge in [-0.1, -0.05) is 66.7 Å². The number of aliphatic imine (C=N–C) groups is 1. The van der Waals surface area contributed by atoms with E-state index in [4.69, 9.17) is 9.73 Å². The molecule has 3 aromatic rings. The van der Waals surface area contributed by atoms with Crippen molar-refractivity contribution in [1.29, 1.82) is 0 Å². The van der Waals surface area contributed by atoms with Crippen LogP contribution in [0.5, 0.6) is 0 Å². The van der Waals surface area contributed by atoms with Crippen molar-refractivity contribution in [2.24, 2.45) is 4.99 Å². The van der Waals surface area contributed by atoms with Gasteiger partial charge in [-0.15, -0.1) is 0 Å². The van der Waals surface area contributed by atoms with Crippen LogP contribution in [0.4, 0.5) is 16.2 Å². The number of fused-ring (bicyclic) bond motifs is 1. The van der Waals surface area contributed by atoms with Crippen molar-refractivity contribution in [3.8, 4) is 0 Å². The van der Waals surface area contributed by atoms with E-state index in [1.54, 1.807) is 4.90 Å². The van der Waals surface area contributed by atoms with Crippen LogP contribution in [0.15, 0.2) is 89.9 Å². The van der Waals surface area contributed by atoms with Gasteiger partial charge in [0.1, 0.15) is 6.61 Å². The number of anilines is 1. The Balaban J connectivity index is 1.61. The molecule has 4 rings (SSSR count). The van der Waals surface area contributed by atoms with Crippen LogP contribution in [-0.2, 0) is 11.3 Å². The van der Waals surface area contributed by atoms with Crippen LogP contribution in [0, 0.1) is 0 Å². The number of para-hydroxylation sites is 2. The van der Waals surface area contributed by atoms with Crippen molar-refractivity contribution in [1.82, 2.24) is 0 Å².